The number of fused-ring (bicyclic) bond motifs is 1. The highest BCUT2D eigenvalue weighted by Crippen LogP contribution is 2.38. The maximum atomic E-state index is 6.46. The van der Waals surface area contributed by atoms with Gasteiger partial charge in [0.2, 0.25) is 0 Å². The Morgan fingerprint density at radius 1 is 1.19 bits per heavy atom. The Hall–Kier alpha value is -2.22. The van der Waals surface area contributed by atoms with E-state index in [0.29, 0.717) is 11.7 Å². The maximum absolute atomic E-state index is 6.46. The average molecular weight is 402 g/mol. The fourth-order valence-corrected chi connectivity index (χ4v) is 4.76. The highest BCUT2D eigenvalue weighted by Gasteiger charge is 2.36. The van der Waals surface area contributed by atoms with Gasteiger partial charge in [-0.1, -0.05) is 36.2 Å². The Balaban J connectivity index is 0.00000180. The molecule has 27 heavy (non-hydrogen) atoms. The Labute approximate surface area is 166 Å². The predicted octanol–water partition coefficient (Wildman–Crippen LogP) is 4.60. The first kappa shape index (κ1) is 18.2. The largest absolute Gasteiger partial charge is 0.333 e. The lowest BCUT2D eigenvalue weighted by molar-refractivity contribution is 0.373. The second kappa shape index (κ2) is 6.74. The Morgan fingerprint density at radius 2 is 1.93 bits per heavy atom. The second-order valence-corrected chi connectivity index (χ2v) is 7.98. The molecule has 1 aliphatic rings. The first-order valence-corrected chi connectivity index (χ1v) is 9.64. The van der Waals surface area contributed by atoms with E-state index >= 15 is 0 Å². The number of para-hydroxylation sites is 1. The molecule has 140 valence electrons. The number of halogens is 1. The number of hydrogen-bond acceptors (Lipinski definition) is 6. The lowest BCUT2D eigenvalue weighted by Crippen LogP contribution is -2.34. The molecule has 1 fully saturated rings. The number of thiophene rings is 1. The number of aromatic nitrogens is 4. The van der Waals surface area contributed by atoms with Crippen molar-refractivity contribution in [1.82, 2.24) is 19.9 Å². The third kappa shape index (κ3) is 2.96. The second-order valence-electron chi connectivity index (χ2n) is 6.95. The van der Waals surface area contributed by atoms with E-state index in [-0.39, 0.29) is 12.4 Å². The van der Waals surface area contributed by atoms with Crippen LogP contribution >= 0.6 is 23.7 Å². The first-order chi connectivity index (χ1) is 12.6. The van der Waals surface area contributed by atoms with E-state index in [1.807, 2.05) is 41.9 Å². The summed E-state index contributed by atoms with van der Waals surface area (Å²) < 4.78 is 7.52. The minimum Gasteiger partial charge on any atom is -0.333 e. The zero-order chi connectivity index (χ0) is 17.7. The van der Waals surface area contributed by atoms with Gasteiger partial charge in [-0.25, -0.2) is 4.68 Å². The number of benzene rings is 1. The smallest absolute Gasteiger partial charge is 0.268 e. The normalized spacial score (nSPS) is 15.9. The highest BCUT2D eigenvalue weighted by molar-refractivity contribution is 7.21. The zero-order valence-corrected chi connectivity index (χ0v) is 16.5. The maximum Gasteiger partial charge on any atom is 0.268 e. The van der Waals surface area contributed by atoms with Gasteiger partial charge >= 0.3 is 0 Å². The number of hydrogen-bond donors (Lipinski definition) is 1. The van der Waals surface area contributed by atoms with Crippen molar-refractivity contribution in [3.05, 3.63) is 47.9 Å². The van der Waals surface area contributed by atoms with E-state index in [9.17, 15) is 0 Å². The lowest BCUT2D eigenvalue weighted by Gasteiger charge is -2.17. The Morgan fingerprint density at radius 3 is 2.67 bits per heavy atom. The van der Waals surface area contributed by atoms with Crippen molar-refractivity contribution >= 4 is 34.0 Å². The van der Waals surface area contributed by atoms with Gasteiger partial charge in [-0.3, -0.25) is 0 Å². The van der Waals surface area contributed by atoms with Gasteiger partial charge in [-0.2, -0.15) is 10.1 Å². The molecule has 2 N–H and O–H groups in total. The van der Waals surface area contributed by atoms with Crippen LogP contribution in [0.15, 0.2) is 40.9 Å². The summed E-state index contributed by atoms with van der Waals surface area (Å²) in [5.41, 5.74) is 8.04. The van der Waals surface area contributed by atoms with Crippen molar-refractivity contribution in [3.8, 4) is 16.5 Å². The summed E-state index contributed by atoms with van der Waals surface area (Å²) in [6.45, 7) is 2.02. The van der Waals surface area contributed by atoms with Crippen LogP contribution in [0.4, 0.5) is 0 Å². The zero-order valence-electron chi connectivity index (χ0n) is 14.9. The molecule has 6 nitrogen and oxygen atoms in total. The van der Waals surface area contributed by atoms with Crippen LogP contribution in [-0.4, -0.2) is 19.9 Å². The molecule has 0 saturated heterocycles. The van der Waals surface area contributed by atoms with Crippen molar-refractivity contribution in [2.24, 2.45) is 5.73 Å². The SMILES string of the molecule is Cc1nn(-c2ccccc2)c2sc(-c3nc(C4(N)CCCC4)no3)cc12.Cl. The summed E-state index contributed by atoms with van der Waals surface area (Å²) >= 11 is 1.61. The third-order valence-corrected chi connectivity index (χ3v) is 6.22. The van der Waals surface area contributed by atoms with Gasteiger partial charge in [0.15, 0.2) is 5.82 Å². The molecule has 0 bridgehead atoms. The fraction of sp³-hybridized carbons (Fsp3) is 0.316. The molecule has 0 amide bonds. The topological polar surface area (TPSA) is 82.8 Å². The van der Waals surface area contributed by atoms with Crippen LogP contribution in [-0.2, 0) is 5.54 Å². The van der Waals surface area contributed by atoms with E-state index in [1.165, 1.54) is 0 Å². The van der Waals surface area contributed by atoms with Crippen LogP contribution in [0.2, 0.25) is 0 Å². The van der Waals surface area contributed by atoms with Crippen LogP contribution in [0.3, 0.4) is 0 Å². The molecule has 8 heteroatoms. The Bertz CT molecular complexity index is 1080. The summed E-state index contributed by atoms with van der Waals surface area (Å²) in [5, 5.41) is 9.96. The van der Waals surface area contributed by atoms with Gasteiger partial charge in [0, 0.05) is 5.39 Å². The molecule has 0 radical (unpaired) electrons. The summed E-state index contributed by atoms with van der Waals surface area (Å²) in [6.07, 6.45) is 4.08. The molecule has 3 aromatic heterocycles. The quantitative estimate of drug-likeness (QED) is 0.542. The molecule has 5 rings (SSSR count). The molecule has 0 atom stereocenters. The summed E-state index contributed by atoms with van der Waals surface area (Å²) in [4.78, 5) is 6.64. The van der Waals surface area contributed by atoms with Crippen LogP contribution < -0.4 is 5.73 Å². The summed E-state index contributed by atoms with van der Waals surface area (Å²) in [5.74, 6) is 1.17. The highest BCUT2D eigenvalue weighted by atomic mass is 35.5. The van der Waals surface area contributed by atoms with E-state index in [2.05, 4.69) is 21.3 Å². The number of nitrogens with two attached hydrogens (primary N) is 1. The van der Waals surface area contributed by atoms with Gasteiger partial charge < -0.3 is 10.3 Å². The van der Waals surface area contributed by atoms with E-state index in [4.69, 9.17) is 10.3 Å². The molecule has 0 spiro atoms. The van der Waals surface area contributed by atoms with Gasteiger partial charge in [0.1, 0.15) is 4.83 Å². The van der Waals surface area contributed by atoms with Crippen LogP contribution in [0.5, 0.6) is 0 Å². The van der Waals surface area contributed by atoms with Crippen molar-refractivity contribution < 1.29 is 4.52 Å². The minimum absolute atomic E-state index is 0. The fourth-order valence-electron chi connectivity index (χ4n) is 3.65. The van der Waals surface area contributed by atoms with Crippen LogP contribution in [0, 0.1) is 6.92 Å². The molecule has 0 unspecified atom stereocenters. The van der Waals surface area contributed by atoms with Gasteiger partial charge in [-0.15, -0.1) is 23.7 Å². The molecular formula is C19H20ClN5OS. The first-order valence-electron chi connectivity index (χ1n) is 8.82. The number of nitrogens with zero attached hydrogens (tertiary/aromatic N) is 4. The van der Waals surface area contributed by atoms with Gasteiger partial charge in [0.05, 0.1) is 21.8 Å². The molecule has 1 saturated carbocycles. The lowest BCUT2D eigenvalue weighted by atomic mass is 9.99. The Kier molecular flexibility index (Phi) is 4.53. The number of rotatable bonds is 3. The molecule has 4 aromatic rings. The van der Waals surface area contributed by atoms with E-state index in [0.717, 1.165) is 52.2 Å². The van der Waals surface area contributed by atoms with Crippen molar-refractivity contribution in [1.29, 1.82) is 0 Å². The molecule has 1 aromatic carbocycles. The third-order valence-electron chi connectivity index (χ3n) is 5.12. The minimum atomic E-state index is -0.435. The predicted molar refractivity (Wildman–Crippen MR) is 109 cm³/mol. The van der Waals surface area contributed by atoms with Crippen molar-refractivity contribution in [2.75, 3.05) is 0 Å². The molecule has 0 aliphatic heterocycles. The average Bonchev–Trinajstić information content (AvgIpc) is 3.40. The van der Waals surface area contributed by atoms with Crippen molar-refractivity contribution in [3.63, 3.8) is 0 Å². The molecule has 1 aliphatic carbocycles. The number of aryl methyl sites for hydroxylation is 1. The monoisotopic (exact) mass is 401 g/mol. The van der Waals surface area contributed by atoms with Crippen molar-refractivity contribution in [2.45, 2.75) is 38.1 Å². The summed E-state index contributed by atoms with van der Waals surface area (Å²) in [6, 6.07) is 12.2. The van der Waals surface area contributed by atoms with Gasteiger partial charge in [-0.05, 0) is 38.0 Å². The van der Waals surface area contributed by atoms with Gasteiger partial charge in [0.25, 0.3) is 5.89 Å². The van der Waals surface area contributed by atoms with Crippen LogP contribution in [0.1, 0.15) is 37.2 Å². The van der Waals surface area contributed by atoms with Crippen LogP contribution in [0.25, 0.3) is 26.7 Å². The summed E-state index contributed by atoms with van der Waals surface area (Å²) in [7, 11) is 0. The molecule has 3 heterocycles. The van der Waals surface area contributed by atoms with E-state index < -0.39 is 5.54 Å². The molecular weight excluding hydrogens is 382 g/mol. The standard InChI is InChI=1S/C19H19N5OS.ClH/c1-12-14-11-15(16-21-18(23-25-16)19(20)9-5-6-10-19)26-17(14)24(22-12)13-7-3-2-4-8-13;/h2-4,7-8,11H,5-6,9-10,20H2,1H3;1H. The van der Waals surface area contributed by atoms with E-state index in [1.54, 1.807) is 11.3 Å².